The number of halogens is 1. The molecule has 0 saturated heterocycles. The smallest absolute Gasteiger partial charge is 0.255 e. The number of carbonyl (C=O) groups is 1. The van der Waals surface area contributed by atoms with E-state index in [0.717, 1.165) is 15.8 Å². The monoisotopic (exact) mass is 233 g/mol. The molecule has 0 spiro atoms. The lowest BCUT2D eigenvalue weighted by molar-refractivity contribution is 0.0778. The molecule has 88 valence electrons. The quantitative estimate of drug-likeness (QED) is 0.764. The van der Waals surface area contributed by atoms with Crippen molar-refractivity contribution in [2.75, 3.05) is 0 Å². The summed E-state index contributed by atoms with van der Waals surface area (Å²) in [6.45, 7) is 3.71. The first-order valence-electron chi connectivity index (χ1n) is 5.19. The number of alkyl halides is 1. The average molecular weight is 233 g/mol. The second-order valence-electron chi connectivity index (χ2n) is 3.89. The molecule has 2 aromatic rings. The summed E-state index contributed by atoms with van der Waals surface area (Å²) in [5, 5.41) is 3.62. The lowest BCUT2D eigenvalue weighted by atomic mass is 10.0. The molecule has 0 aliphatic heterocycles. The van der Waals surface area contributed by atoms with E-state index in [1.807, 2.05) is 13.0 Å². The minimum absolute atomic E-state index is 0.374. The van der Waals surface area contributed by atoms with Crippen LogP contribution in [0.5, 0.6) is 0 Å². The van der Waals surface area contributed by atoms with Crippen LogP contribution in [0.25, 0.3) is 0 Å². The third-order valence-corrected chi connectivity index (χ3v) is 2.53. The van der Waals surface area contributed by atoms with Crippen LogP contribution in [0, 0.1) is 13.8 Å². The van der Waals surface area contributed by atoms with Gasteiger partial charge in [-0.15, -0.1) is 0 Å². The molecule has 1 heterocycles. The Labute approximate surface area is 98.1 Å². The Morgan fingerprint density at radius 1 is 1.41 bits per heavy atom. The number of hydrogen-bond acceptors (Lipinski definition) is 3. The van der Waals surface area contributed by atoms with Gasteiger partial charge in [0, 0.05) is 5.56 Å². The Kier molecular flexibility index (Phi) is 2.99. The van der Waals surface area contributed by atoms with Gasteiger partial charge >= 0.3 is 0 Å². The molecule has 0 bridgehead atoms. The van der Waals surface area contributed by atoms with Crippen molar-refractivity contribution in [1.82, 2.24) is 14.8 Å². The molecule has 0 saturated carbocycles. The van der Waals surface area contributed by atoms with Crippen LogP contribution in [0.15, 0.2) is 30.9 Å². The number of nitrogens with zero attached hydrogens (tertiary/aromatic N) is 3. The topological polar surface area (TPSA) is 47.8 Å². The zero-order valence-corrected chi connectivity index (χ0v) is 9.59. The second-order valence-corrected chi connectivity index (χ2v) is 3.89. The molecule has 0 aliphatic carbocycles. The third-order valence-electron chi connectivity index (χ3n) is 2.53. The predicted molar refractivity (Wildman–Crippen MR) is 60.4 cm³/mol. The van der Waals surface area contributed by atoms with Crippen LogP contribution in [0.1, 0.15) is 27.8 Å². The number of hydrogen-bond donors (Lipinski definition) is 0. The minimum atomic E-state index is -1.82. The highest BCUT2D eigenvalue weighted by atomic mass is 19.1. The normalized spacial score (nSPS) is 12.4. The molecule has 5 heteroatoms. The maximum Gasteiger partial charge on any atom is 0.255 e. The molecule has 1 aromatic carbocycles. The lowest BCUT2D eigenvalue weighted by Crippen LogP contribution is -2.17. The van der Waals surface area contributed by atoms with E-state index in [1.165, 1.54) is 12.7 Å². The highest BCUT2D eigenvalue weighted by molar-refractivity contribution is 5.99. The van der Waals surface area contributed by atoms with E-state index in [0.29, 0.717) is 5.56 Å². The number of carbonyl (C=O) groups excluding carboxylic acids is 1. The van der Waals surface area contributed by atoms with Gasteiger partial charge in [0.25, 0.3) is 6.30 Å². The highest BCUT2D eigenvalue weighted by Crippen LogP contribution is 2.18. The molecule has 0 N–H and O–H groups in total. The fourth-order valence-electron chi connectivity index (χ4n) is 1.67. The van der Waals surface area contributed by atoms with Crippen molar-refractivity contribution < 1.29 is 9.18 Å². The molecular formula is C12H12FN3O. The molecular weight excluding hydrogens is 221 g/mol. The number of ketones is 1. The average Bonchev–Trinajstić information content (AvgIpc) is 2.80. The van der Waals surface area contributed by atoms with Gasteiger partial charge in [0.1, 0.15) is 12.7 Å². The third kappa shape index (κ3) is 2.22. The van der Waals surface area contributed by atoms with E-state index in [9.17, 15) is 9.18 Å². The van der Waals surface area contributed by atoms with Crippen molar-refractivity contribution in [2.45, 2.75) is 20.1 Å². The van der Waals surface area contributed by atoms with Gasteiger partial charge in [-0.3, -0.25) is 4.79 Å². The fraction of sp³-hybridized carbons (Fsp3) is 0.250. The van der Waals surface area contributed by atoms with Crippen molar-refractivity contribution >= 4 is 5.78 Å². The van der Waals surface area contributed by atoms with Crippen molar-refractivity contribution in [3.05, 3.63) is 47.5 Å². The molecule has 0 amide bonds. The standard InChI is InChI=1S/C12H12FN3O/c1-8-3-4-10(9(2)5-8)11(17)12(13)16-7-14-6-15-16/h3-7,12H,1-2H3. The molecule has 1 aromatic heterocycles. The van der Waals surface area contributed by atoms with E-state index in [1.54, 1.807) is 19.1 Å². The van der Waals surface area contributed by atoms with Crippen molar-refractivity contribution in [2.24, 2.45) is 0 Å². The Bertz CT molecular complexity index is 537. The van der Waals surface area contributed by atoms with Crippen LogP contribution in [0.4, 0.5) is 4.39 Å². The zero-order valence-electron chi connectivity index (χ0n) is 9.59. The summed E-state index contributed by atoms with van der Waals surface area (Å²) in [7, 11) is 0. The summed E-state index contributed by atoms with van der Waals surface area (Å²) in [6, 6.07) is 5.27. The first-order valence-corrected chi connectivity index (χ1v) is 5.19. The van der Waals surface area contributed by atoms with Gasteiger partial charge in [-0.2, -0.15) is 5.10 Å². The van der Waals surface area contributed by atoms with Crippen LogP contribution in [0.3, 0.4) is 0 Å². The van der Waals surface area contributed by atoms with E-state index in [2.05, 4.69) is 10.1 Å². The van der Waals surface area contributed by atoms with Gasteiger partial charge in [0.15, 0.2) is 0 Å². The maximum atomic E-state index is 13.8. The van der Waals surface area contributed by atoms with Crippen molar-refractivity contribution in [3.8, 4) is 0 Å². The number of Topliss-reactive ketones (excluding diaryl/α,β-unsaturated/α-hetero) is 1. The molecule has 0 aliphatic rings. The van der Waals surface area contributed by atoms with Crippen LogP contribution < -0.4 is 0 Å². The van der Waals surface area contributed by atoms with Crippen LogP contribution in [0.2, 0.25) is 0 Å². The first kappa shape index (κ1) is 11.4. The summed E-state index contributed by atoms with van der Waals surface area (Å²) < 4.78 is 14.7. The Hall–Kier alpha value is -2.04. The van der Waals surface area contributed by atoms with Crippen molar-refractivity contribution in [1.29, 1.82) is 0 Å². The van der Waals surface area contributed by atoms with Gasteiger partial charge in [-0.1, -0.05) is 23.8 Å². The fourth-order valence-corrected chi connectivity index (χ4v) is 1.67. The first-order chi connectivity index (χ1) is 8.09. The van der Waals surface area contributed by atoms with E-state index in [-0.39, 0.29) is 0 Å². The predicted octanol–water partition coefficient (Wildman–Crippen LogP) is 2.25. The lowest BCUT2D eigenvalue weighted by Gasteiger charge is -2.09. The summed E-state index contributed by atoms with van der Waals surface area (Å²) in [4.78, 5) is 15.5. The zero-order chi connectivity index (χ0) is 12.4. The SMILES string of the molecule is Cc1ccc(C(=O)C(F)n2cncn2)c(C)c1. The van der Waals surface area contributed by atoms with Crippen LogP contribution in [-0.4, -0.2) is 20.5 Å². The molecule has 0 radical (unpaired) electrons. The summed E-state index contributed by atoms with van der Waals surface area (Å²) in [5.74, 6) is -0.604. The van der Waals surface area contributed by atoms with Crippen LogP contribution >= 0.6 is 0 Å². The minimum Gasteiger partial charge on any atom is -0.289 e. The van der Waals surface area contributed by atoms with E-state index < -0.39 is 12.1 Å². The van der Waals surface area contributed by atoms with Crippen molar-refractivity contribution in [3.63, 3.8) is 0 Å². The van der Waals surface area contributed by atoms with E-state index in [4.69, 9.17) is 0 Å². The number of aromatic nitrogens is 3. The van der Waals surface area contributed by atoms with Gasteiger partial charge < -0.3 is 0 Å². The molecule has 0 fully saturated rings. The summed E-state index contributed by atoms with van der Waals surface area (Å²) in [5.41, 5.74) is 2.17. The summed E-state index contributed by atoms with van der Waals surface area (Å²) >= 11 is 0. The van der Waals surface area contributed by atoms with Gasteiger partial charge in [-0.25, -0.2) is 14.1 Å². The Balaban J connectivity index is 2.31. The Morgan fingerprint density at radius 3 is 2.76 bits per heavy atom. The van der Waals surface area contributed by atoms with Gasteiger partial charge in [0.05, 0.1) is 0 Å². The largest absolute Gasteiger partial charge is 0.289 e. The molecule has 2 rings (SSSR count). The van der Waals surface area contributed by atoms with Gasteiger partial charge in [-0.05, 0) is 19.4 Å². The summed E-state index contributed by atoms with van der Waals surface area (Å²) in [6.07, 6.45) is 0.562. The number of rotatable bonds is 3. The van der Waals surface area contributed by atoms with Crippen LogP contribution in [-0.2, 0) is 0 Å². The number of benzene rings is 1. The molecule has 1 unspecified atom stereocenters. The van der Waals surface area contributed by atoms with Gasteiger partial charge in [0.2, 0.25) is 5.78 Å². The molecule has 4 nitrogen and oxygen atoms in total. The molecule has 1 atom stereocenters. The number of aryl methyl sites for hydroxylation is 2. The second kappa shape index (κ2) is 4.45. The highest BCUT2D eigenvalue weighted by Gasteiger charge is 2.22. The molecule has 17 heavy (non-hydrogen) atoms. The van der Waals surface area contributed by atoms with E-state index >= 15 is 0 Å². The maximum absolute atomic E-state index is 13.8. The Morgan fingerprint density at radius 2 is 2.18 bits per heavy atom.